The third-order valence-electron chi connectivity index (χ3n) is 8.30. The monoisotopic (exact) mass is 348 g/mol. The molecule has 3 aliphatic rings. The minimum absolute atomic E-state index is 0.0254. The van der Waals surface area contributed by atoms with E-state index in [2.05, 4.69) is 34.6 Å². The SMILES string of the molecule is CCCCOC(=O)C[C@H]1[C@H]2[C@@H](C(=O)[C@H]1O)[C@@]1(C)C(C)=C(C)[C@]2(C)C1C. The molecular formula is C21H32O4. The van der Waals surface area contributed by atoms with Crippen LogP contribution < -0.4 is 0 Å². The van der Waals surface area contributed by atoms with Crippen LogP contribution in [0.15, 0.2) is 11.1 Å². The summed E-state index contributed by atoms with van der Waals surface area (Å²) in [5, 5.41) is 10.7. The van der Waals surface area contributed by atoms with E-state index in [1.165, 1.54) is 11.1 Å². The smallest absolute Gasteiger partial charge is 0.306 e. The summed E-state index contributed by atoms with van der Waals surface area (Å²) >= 11 is 0. The van der Waals surface area contributed by atoms with Crippen LogP contribution in [0.2, 0.25) is 0 Å². The first-order valence-electron chi connectivity index (χ1n) is 9.69. The number of carbonyl (C=O) groups is 2. The zero-order valence-electron chi connectivity index (χ0n) is 16.4. The van der Waals surface area contributed by atoms with Gasteiger partial charge in [0.05, 0.1) is 13.0 Å². The van der Waals surface area contributed by atoms with Gasteiger partial charge in [0.25, 0.3) is 0 Å². The molecule has 4 nitrogen and oxygen atoms in total. The second-order valence-electron chi connectivity index (χ2n) is 8.83. The molecule has 0 radical (unpaired) electrons. The predicted molar refractivity (Wildman–Crippen MR) is 95.7 cm³/mol. The Bertz CT molecular complexity index is 636. The van der Waals surface area contributed by atoms with Gasteiger partial charge in [-0.2, -0.15) is 0 Å². The Labute approximate surface area is 151 Å². The lowest BCUT2D eigenvalue weighted by Crippen LogP contribution is -2.36. The molecule has 7 atom stereocenters. The highest BCUT2D eigenvalue weighted by Gasteiger charge is 2.74. The molecule has 25 heavy (non-hydrogen) atoms. The molecule has 0 aliphatic heterocycles. The summed E-state index contributed by atoms with van der Waals surface area (Å²) in [4.78, 5) is 25.2. The number of hydrogen-bond acceptors (Lipinski definition) is 4. The number of aliphatic hydroxyl groups is 1. The molecule has 0 aromatic carbocycles. The van der Waals surface area contributed by atoms with Gasteiger partial charge < -0.3 is 9.84 Å². The third kappa shape index (κ3) is 2.16. The summed E-state index contributed by atoms with van der Waals surface area (Å²) < 4.78 is 5.32. The fourth-order valence-electron chi connectivity index (χ4n) is 6.42. The summed E-state index contributed by atoms with van der Waals surface area (Å²) in [6, 6.07) is 0. The van der Waals surface area contributed by atoms with Crippen molar-refractivity contribution in [3.8, 4) is 0 Å². The van der Waals surface area contributed by atoms with Gasteiger partial charge in [0.2, 0.25) is 0 Å². The van der Waals surface area contributed by atoms with Crippen LogP contribution >= 0.6 is 0 Å². The van der Waals surface area contributed by atoms with Gasteiger partial charge in [0.15, 0.2) is 5.78 Å². The second kappa shape index (κ2) is 5.94. The van der Waals surface area contributed by atoms with Crippen molar-refractivity contribution in [2.75, 3.05) is 6.61 Å². The molecule has 3 aliphatic carbocycles. The van der Waals surface area contributed by atoms with Gasteiger partial charge in [-0.1, -0.05) is 45.3 Å². The van der Waals surface area contributed by atoms with Crippen molar-refractivity contribution in [2.45, 2.75) is 66.9 Å². The molecule has 2 bridgehead atoms. The van der Waals surface area contributed by atoms with Crippen LogP contribution in [0.5, 0.6) is 0 Å². The highest BCUT2D eigenvalue weighted by atomic mass is 16.5. The minimum Gasteiger partial charge on any atom is -0.466 e. The van der Waals surface area contributed by atoms with Crippen LogP contribution in [0, 0.1) is 34.5 Å². The van der Waals surface area contributed by atoms with E-state index in [4.69, 9.17) is 4.74 Å². The van der Waals surface area contributed by atoms with E-state index in [1.54, 1.807) is 0 Å². The van der Waals surface area contributed by atoms with Crippen molar-refractivity contribution in [3.05, 3.63) is 11.1 Å². The molecule has 2 saturated carbocycles. The molecule has 0 saturated heterocycles. The quantitative estimate of drug-likeness (QED) is 0.469. The lowest BCUT2D eigenvalue weighted by Gasteiger charge is -2.39. The number of aliphatic hydroxyl groups excluding tert-OH is 1. The van der Waals surface area contributed by atoms with Crippen LogP contribution in [-0.2, 0) is 14.3 Å². The molecular weight excluding hydrogens is 316 g/mol. The summed E-state index contributed by atoms with van der Waals surface area (Å²) in [7, 11) is 0. The van der Waals surface area contributed by atoms with Crippen LogP contribution in [0.3, 0.4) is 0 Å². The standard InChI is InChI=1S/C21H32O4/c1-7-8-9-25-15(22)10-14-16-17(19(24)18(14)23)21(6)12(3)11(2)20(16,5)13(21)4/h13-14,16-18,23H,7-10H2,1-6H3/t13?,14-,16-,17-,18-,20+,21-/m0/s1. The van der Waals surface area contributed by atoms with E-state index < -0.39 is 6.10 Å². The Morgan fingerprint density at radius 2 is 1.80 bits per heavy atom. The van der Waals surface area contributed by atoms with Crippen molar-refractivity contribution in [1.29, 1.82) is 0 Å². The Balaban J connectivity index is 1.91. The topological polar surface area (TPSA) is 63.6 Å². The van der Waals surface area contributed by atoms with Gasteiger partial charge >= 0.3 is 5.97 Å². The first-order valence-corrected chi connectivity index (χ1v) is 9.69. The van der Waals surface area contributed by atoms with Gasteiger partial charge in [0.1, 0.15) is 6.10 Å². The molecule has 140 valence electrons. The zero-order chi connectivity index (χ0) is 18.7. The lowest BCUT2D eigenvalue weighted by atomic mass is 9.64. The second-order valence-corrected chi connectivity index (χ2v) is 8.83. The maximum absolute atomic E-state index is 12.9. The fourth-order valence-corrected chi connectivity index (χ4v) is 6.42. The van der Waals surface area contributed by atoms with Crippen molar-refractivity contribution in [1.82, 2.24) is 0 Å². The van der Waals surface area contributed by atoms with Crippen molar-refractivity contribution in [3.63, 3.8) is 0 Å². The summed E-state index contributed by atoms with van der Waals surface area (Å²) in [6.45, 7) is 13.4. The molecule has 2 fully saturated rings. The van der Waals surface area contributed by atoms with E-state index in [0.29, 0.717) is 12.5 Å². The Morgan fingerprint density at radius 1 is 1.20 bits per heavy atom. The van der Waals surface area contributed by atoms with Gasteiger partial charge in [0, 0.05) is 17.3 Å². The first kappa shape index (κ1) is 18.6. The summed E-state index contributed by atoms with van der Waals surface area (Å²) in [6.07, 6.45) is 0.915. The van der Waals surface area contributed by atoms with E-state index in [0.717, 1.165) is 12.8 Å². The fraction of sp³-hybridized carbons (Fsp3) is 0.810. The average Bonchev–Trinajstić information content (AvgIpc) is 2.97. The molecule has 3 rings (SSSR count). The van der Waals surface area contributed by atoms with Crippen molar-refractivity contribution >= 4 is 11.8 Å². The lowest BCUT2D eigenvalue weighted by molar-refractivity contribution is -0.146. The number of Topliss-reactive ketones (excluding diaryl/α,β-unsaturated/α-hetero) is 1. The predicted octanol–water partition coefficient (Wildman–Crippen LogP) is 3.52. The van der Waals surface area contributed by atoms with E-state index >= 15 is 0 Å². The van der Waals surface area contributed by atoms with E-state index in [1.807, 2.05) is 6.92 Å². The minimum atomic E-state index is -1.04. The van der Waals surface area contributed by atoms with Gasteiger partial charge in [-0.3, -0.25) is 9.59 Å². The largest absolute Gasteiger partial charge is 0.466 e. The Kier molecular flexibility index (Phi) is 4.42. The number of rotatable bonds is 5. The molecule has 1 unspecified atom stereocenters. The van der Waals surface area contributed by atoms with Crippen molar-refractivity contribution < 1.29 is 19.4 Å². The van der Waals surface area contributed by atoms with Crippen LogP contribution in [-0.4, -0.2) is 29.6 Å². The number of unbranched alkanes of at least 4 members (excludes halogenated alkanes) is 1. The maximum Gasteiger partial charge on any atom is 0.306 e. The molecule has 0 heterocycles. The highest BCUT2D eigenvalue weighted by Crippen LogP contribution is 2.76. The van der Waals surface area contributed by atoms with Crippen LogP contribution in [0.25, 0.3) is 0 Å². The van der Waals surface area contributed by atoms with Gasteiger partial charge in [-0.25, -0.2) is 0 Å². The summed E-state index contributed by atoms with van der Waals surface area (Å²) in [5.41, 5.74) is 2.30. The Hall–Kier alpha value is -1.16. The molecule has 1 N–H and O–H groups in total. The van der Waals surface area contributed by atoms with Crippen LogP contribution in [0.4, 0.5) is 0 Å². The molecule has 0 amide bonds. The van der Waals surface area contributed by atoms with Gasteiger partial charge in [-0.05, 0) is 37.5 Å². The number of esters is 1. The molecule has 0 spiro atoms. The highest BCUT2D eigenvalue weighted by molar-refractivity contribution is 5.92. The normalized spacial score (nSPS) is 45.2. The van der Waals surface area contributed by atoms with E-state index in [-0.39, 0.29) is 46.8 Å². The summed E-state index contributed by atoms with van der Waals surface area (Å²) in [5.74, 6) is -0.499. The first-order chi connectivity index (χ1) is 11.6. The van der Waals surface area contributed by atoms with Gasteiger partial charge in [-0.15, -0.1) is 0 Å². The molecule has 0 aromatic rings. The number of carbonyl (C=O) groups excluding carboxylic acids is 2. The number of ketones is 1. The van der Waals surface area contributed by atoms with Crippen LogP contribution in [0.1, 0.15) is 60.8 Å². The molecule has 0 aromatic heterocycles. The Morgan fingerprint density at radius 3 is 2.40 bits per heavy atom. The van der Waals surface area contributed by atoms with E-state index in [9.17, 15) is 14.7 Å². The third-order valence-corrected chi connectivity index (χ3v) is 8.30. The number of allylic oxidation sites excluding steroid dienone is 2. The maximum atomic E-state index is 12.9. The van der Waals surface area contributed by atoms with Crippen molar-refractivity contribution in [2.24, 2.45) is 34.5 Å². The number of fused-ring (bicyclic) bond motifs is 5. The number of ether oxygens (including phenoxy) is 1. The zero-order valence-corrected chi connectivity index (χ0v) is 16.4. The molecule has 4 heteroatoms. The average molecular weight is 348 g/mol. The number of hydrogen-bond donors (Lipinski definition) is 1.